The molecule has 5 heteroatoms. The van der Waals surface area contributed by atoms with E-state index in [4.69, 9.17) is 5.26 Å². The Kier molecular flexibility index (Phi) is 4.11. The predicted molar refractivity (Wildman–Crippen MR) is 104 cm³/mol. The van der Waals surface area contributed by atoms with Crippen LogP contribution in [-0.4, -0.2) is 9.55 Å². The van der Waals surface area contributed by atoms with Crippen LogP contribution < -0.4 is 5.56 Å². The van der Waals surface area contributed by atoms with Crippen LogP contribution in [0.3, 0.4) is 0 Å². The van der Waals surface area contributed by atoms with Crippen LogP contribution in [0.5, 0.6) is 0 Å². The average molecular weight is 357 g/mol. The molecule has 0 bridgehead atoms. The summed E-state index contributed by atoms with van der Waals surface area (Å²) in [7, 11) is 0. The topological polar surface area (TPSA) is 58.7 Å². The molecule has 0 atom stereocenters. The van der Waals surface area contributed by atoms with Gasteiger partial charge in [0, 0.05) is 10.4 Å². The maximum absolute atomic E-state index is 13.1. The van der Waals surface area contributed by atoms with Crippen LogP contribution in [0.1, 0.15) is 16.0 Å². The van der Waals surface area contributed by atoms with Crippen molar-refractivity contribution in [1.29, 1.82) is 5.26 Å². The zero-order valence-corrected chi connectivity index (χ0v) is 15.0. The number of benzene rings is 2. The molecule has 26 heavy (non-hydrogen) atoms. The third kappa shape index (κ3) is 2.81. The van der Waals surface area contributed by atoms with Crippen molar-refractivity contribution in [3.8, 4) is 17.2 Å². The fourth-order valence-electron chi connectivity index (χ4n) is 3.08. The van der Waals surface area contributed by atoms with Gasteiger partial charge in [-0.3, -0.25) is 9.36 Å². The predicted octanol–water partition coefficient (Wildman–Crippen LogP) is 4.35. The van der Waals surface area contributed by atoms with Crippen molar-refractivity contribution in [2.45, 2.75) is 13.5 Å². The van der Waals surface area contributed by atoms with Crippen LogP contribution in [0, 0.1) is 18.3 Å². The monoisotopic (exact) mass is 357 g/mol. The highest BCUT2D eigenvalue weighted by Gasteiger charge is 2.16. The van der Waals surface area contributed by atoms with Gasteiger partial charge in [0.2, 0.25) is 0 Å². The summed E-state index contributed by atoms with van der Waals surface area (Å²) < 4.78 is 1.63. The van der Waals surface area contributed by atoms with Gasteiger partial charge in [0.1, 0.15) is 4.83 Å². The number of aromatic nitrogens is 2. The third-order valence-electron chi connectivity index (χ3n) is 4.35. The molecule has 0 aliphatic carbocycles. The fraction of sp³-hybridized carbons (Fsp3) is 0.0952. The summed E-state index contributed by atoms with van der Waals surface area (Å²) in [5.74, 6) is 0. The van der Waals surface area contributed by atoms with Crippen LogP contribution in [0.15, 0.2) is 65.7 Å². The molecule has 0 saturated carbocycles. The highest BCUT2D eigenvalue weighted by atomic mass is 32.1. The van der Waals surface area contributed by atoms with Crippen LogP contribution in [0.25, 0.3) is 21.3 Å². The zero-order valence-electron chi connectivity index (χ0n) is 14.1. The molecule has 126 valence electrons. The Labute approximate surface area is 154 Å². The number of nitriles is 1. The van der Waals surface area contributed by atoms with E-state index in [0.717, 1.165) is 26.4 Å². The number of thiophene rings is 1. The first-order chi connectivity index (χ1) is 12.7. The lowest BCUT2D eigenvalue weighted by Crippen LogP contribution is -2.21. The second kappa shape index (κ2) is 6.58. The lowest BCUT2D eigenvalue weighted by molar-refractivity contribution is 0.749. The first kappa shape index (κ1) is 16.2. The summed E-state index contributed by atoms with van der Waals surface area (Å²) in [5, 5.41) is 9.58. The average Bonchev–Trinajstić information content (AvgIpc) is 3.02. The number of fused-ring (bicyclic) bond motifs is 1. The van der Waals surface area contributed by atoms with E-state index in [2.05, 4.69) is 11.1 Å². The van der Waals surface area contributed by atoms with Crippen molar-refractivity contribution < 1.29 is 0 Å². The highest BCUT2D eigenvalue weighted by Crippen LogP contribution is 2.35. The number of aryl methyl sites for hydroxylation is 1. The molecule has 2 aromatic heterocycles. The van der Waals surface area contributed by atoms with Gasteiger partial charge in [-0.2, -0.15) is 5.26 Å². The van der Waals surface area contributed by atoms with E-state index in [-0.39, 0.29) is 5.56 Å². The van der Waals surface area contributed by atoms with Gasteiger partial charge in [-0.1, -0.05) is 42.5 Å². The van der Waals surface area contributed by atoms with E-state index in [0.29, 0.717) is 17.5 Å². The molecule has 0 aliphatic heterocycles. The third-order valence-corrected chi connectivity index (χ3v) is 5.37. The van der Waals surface area contributed by atoms with E-state index < -0.39 is 0 Å². The Morgan fingerprint density at radius 2 is 1.85 bits per heavy atom. The molecule has 0 aliphatic rings. The van der Waals surface area contributed by atoms with Crippen LogP contribution in [0.2, 0.25) is 0 Å². The van der Waals surface area contributed by atoms with Crippen molar-refractivity contribution in [3.05, 3.63) is 87.3 Å². The molecule has 4 rings (SSSR count). The summed E-state index contributed by atoms with van der Waals surface area (Å²) in [6, 6.07) is 19.3. The van der Waals surface area contributed by atoms with Crippen molar-refractivity contribution in [3.63, 3.8) is 0 Å². The second-order valence-corrected chi connectivity index (χ2v) is 7.27. The molecular formula is C21H15N3OS. The molecule has 0 amide bonds. The lowest BCUT2D eigenvalue weighted by atomic mass is 10.0. The Bertz CT molecular complexity index is 1180. The van der Waals surface area contributed by atoms with Crippen molar-refractivity contribution >= 4 is 21.6 Å². The maximum atomic E-state index is 13.1. The molecule has 0 radical (unpaired) electrons. The van der Waals surface area contributed by atoms with Gasteiger partial charge in [0.05, 0.1) is 29.9 Å². The Hall–Kier alpha value is -3.23. The largest absolute Gasteiger partial charge is 0.294 e. The van der Waals surface area contributed by atoms with Gasteiger partial charge in [-0.25, -0.2) is 4.98 Å². The summed E-state index contributed by atoms with van der Waals surface area (Å²) in [5.41, 5.74) is 3.53. The molecule has 0 saturated heterocycles. The lowest BCUT2D eigenvalue weighted by Gasteiger charge is -2.07. The molecule has 0 unspecified atom stereocenters. The van der Waals surface area contributed by atoms with Crippen molar-refractivity contribution in [2.75, 3.05) is 0 Å². The first-order valence-corrected chi connectivity index (χ1v) is 9.02. The van der Waals surface area contributed by atoms with Crippen LogP contribution in [0.4, 0.5) is 0 Å². The van der Waals surface area contributed by atoms with Crippen LogP contribution in [-0.2, 0) is 6.54 Å². The summed E-state index contributed by atoms with van der Waals surface area (Å²) in [6.45, 7) is 2.45. The van der Waals surface area contributed by atoms with Gasteiger partial charge >= 0.3 is 0 Å². The minimum absolute atomic E-state index is 0.0393. The van der Waals surface area contributed by atoms with Gasteiger partial charge < -0.3 is 0 Å². The van der Waals surface area contributed by atoms with Gasteiger partial charge in [-0.05, 0) is 30.2 Å². The molecule has 2 aromatic carbocycles. The van der Waals surface area contributed by atoms with E-state index in [9.17, 15) is 4.79 Å². The van der Waals surface area contributed by atoms with E-state index in [1.54, 1.807) is 34.4 Å². The zero-order chi connectivity index (χ0) is 18.1. The molecule has 0 spiro atoms. The number of rotatable bonds is 3. The van der Waals surface area contributed by atoms with Crippen LogP contribution >= 0.6 is 11.3 Å². The van der Waals surface area contributed by atoms with E-state index in [1.165, 1.54) is 0 Å². The van der Waals surface area contributed by atoms with Gasteiger partial charge in [-0.15, -0.1) is 11.3 Å². The maximum Gasteiger partial charge on any atom is 0.263 e. The molecule has 0 N–H and O–H groups in total. The van der Waals surface area contributed by atoms with Gasteiger partial charge in [0.15, 0.2) is 0 Å². The quantitative estimate of drug-likeness (QED) is 0.547. The fourth-order valence-corrected chi connectivity index (χ4v) is 4.09. The molecule has 4 nitrogen and oxygen atoms in total. The second-order valence-electron chi connectivity index (χ2n) is 6.07. The summed E-state index contributed by atoms with van der Waals surface area (Å²) >= 11 is 1.55. The molecular weight excluding hydrogens is 342 g/mol. The smallest absolute Gasteiger partial charge is 0.263 e. The van der Waals surface area contributed by atoms with E-state index in [1.807, 2.05) is 49.4 Å². The molecule has 0 fully saturated rings. The van der Waals surface area contributed by atoms with Crippen molar-refractivity contribution in [2.24, 2.45) is 0 Å². The van der Waals surface area contributed by atoms with E-state index >= 15 is 0 Å². The molecule has 4 aromatic rings. The Morgan fingerprint density at radius 1 is 1.12 bits per heavy atom. The number of nitrogens with zero attached hydrogens (tertiary/aromatic N) is 3. The summed E-state index contributed by atoms with van der Waals surface area (Å²) in [4.78, 5) is 19.5. The Balaban J connectivity index is 1.84. The standard InChI is InChI=1S/C21H15N3OS/c1-14-18(17-5-3-2-4-6-17)19-20(26-14)23-13-24(21(19)25)12-16-9-7-15(11-22)8-10-16/h2-10,13H,12H2,1H3. The SMILES string of the molecule is Cc1sc2ncn(Cc3ccc(C#N)cc3)c(=O)c2c1-c1ccccc1. The minimum Gasteiger partial charge on any atom is -0.294 e. The number of hydrogen-bond acceptors (Lipinski definition) is 4. The summed E-state index contributed by atoms with van der Waals surface area (Å²) in [6.07, 6.45) is 1.60. The Morgan fingerprint density at radius 3 is 2.54 bits per heavy atom. The molecule has 2 heterocycles. The first-order valence-electron chi connectivity index (χ1n) is 8.20. The minimum atomic E-state index is -0.0393. The van der Waals surface area contributed by atoms with Crippen molar-refractivity contribution in [1.82, 2.24) is 9.55 Å². The number of hydrogen-bond donors (Lipinski definition) is 0. The normalized spacial score (nSPS) is 10.8. The highest BCUT2D eigenvalue weighted by molar-refractivity contribution is 7.19. The van der Waals surface area contributed by atoms with Gasteiger partial charge in [0.25, 0.3) is 5.56 Å².